The maximum atomic E-state index is 5.75. The molecule has 1 aromatic heterocycles. The van der Waals surface area contributed by atoms with E-state index in [-0.39, 0.29) is 12.1 Å². The standard InChI is InChI=1S/C17H22N2O/c1-3-19-16(13-14-9-11-18-12-10-14)17(20-2)15-7-5-4-6-8-15/h4-12,16-17,19H,3,13H2,1-2H3. The predicted octanol–water partition coefficient (Wildman–Crippen LogP) is 2.99. The summed E-state index contributed by atoms with van der Waals surface area (Å²) in [4.78, 5) is 4.07. The molecule has 0 aliphatic rings. The molecule has 0 aliphatic carbocycles. The number of nitrogens with zero attached hydrogens (tertiary/aromatic N) is 1. The minimum atomic E-state index is 0.0457. The lowest BCUT2D eigenvalue weighted by Crippen LogP contribution is -2.37. The number of benzene rings is 1. The minimum absolute atomic E-state index is 0.0457. The molecule has 1 heterocycles. The van der Waals surface area contributed by atoms with Crippen molar-refractivity contribution in [1.29, 1.82) is 0 Å². The molecular weight excluding hydrogens is 248 g/mol. The summed E-state index contributed by atoms with van der Waals surface area (Å²) < 4.78 is 5.75. The fourth-order valence-electron chi connectivity index (χ4n) is 2.50. The van der Waals surface area contributed by atoms with Crippen LogP contribution < -0.4 is 5.32 Å². The van der Waals surface area contributed by atoms with E-state index in [2.05, 4.69) is 53.6 Å². The summed E-state index contributed by atoms with van der Waals surface area (Å²) in [6, 6.07) is 14.7. The zero-order chi connectivity index (χ0) is 14.2. The van der Waals surface area contributed by atoms with Crippen LogP contribution >= 0.6 is 0 Å². The van der Waals surface area contributed by atoms with Gasteiger partial charge in [-0.05, 0) is 36.2 Å². The van der Waals surface area contributed by atoms with Gasteiger partial charge in [0.15, 0.2) is 0 Å². The zero-order valence-corrected chi connectivity index (χ0v) is 12.1. The van der Waals surface area contributed by atoms with Gasteiger partial charge in [-0.1, -0.05) is 37.3 Å². The summed E-state index contributed by atoms with van der Waals surface area (Å²) in [7, 11) is 1.77. The van der Waals surface area contributed by atoms with Gasteiger partial charge in [-0.25, -0.2) is 0 Å². The van der Waals surface area contributed by atoms with Gasteiger partial charge >= 0.3 is 0 Å². The highest BCUT2D eigenvalue weighted by Gasteiger charge is 2.22. The van der Waals surface area contributed by atoms with Crippen molar-refractivity contribution >= 4 is 0 Å². The molecule has 3 heteroatoms. The molecule has 2 unspecified atom stereocenters. The smallest absolute Gasteiger partial charge is 0.0977 e. The molecule has 106 valence electrons. The molecule has 0 aliphatic heterocycles. The summed E-state index contributed by atoms with van der Waals surface area (Å²) in [5, 5.41) is 3.54. The van der Waals surface area contributed by atoms with Gasteiger partial charge in [-0.2, -0.15) is 0 Å². The van der Waals surface area contributed by atoms with E-state index in [0.717, 1.165) is 13.0 Å². The van der Waals surface area contributed by atoms with Crippen molar-refractivity contribution < 1.29 is 4.74 Å². The van der Waals surface area contributed by atoms with Gasteiger partial charge < -0.3 is 10.1 Å². The van der Waals surface area contributed by atoms with Gasteiger partial charge in [-0.15, -0.1) is 0 Å². The van der Waals surface area contributed by atoms with Gasteiger partial charge in [-0.3, -0.25) is 4.98 Å². The van der Waals surface area contributed by atoms with Crippen LogP contribution in [0.4, 0.5) is 0 Å². The first kappa shape index (κ1) is 14.7. The van der Waals surface area contributed by atoms with Crippen LogP contribution in [0.2, 0.25) is 0 Å². The molecule has 2 atom stereocenters. The van der Waals surface area contributed by atoms with Crippen LogP contribution in [0.3, 0.4) is 0 Å². The molecule has 0 saturated carbocycles. The number of likely N-dealkylation sites (N-methyl/N-ethyl adjacent to an activating group) is 1. The maximum Gasteiger partial charge on any atom is 0.0977 e. The molecule has 2 aromatic rings. The minimum Gasteiger partial charge on any atom is -0.375 e. The molecule has 1 N–H and O–H groups in total. The highest BCUT2D eigenvalue weighted by Crippen LogP contribution is 2.23. The molecule has 2 rings (SSSR count). The zero-order valence-electron chi connectivity index (χ0n) is 12.1. The molecule has 0 spiro atoms. The normalized spacial score (nSPS) is 13.9. The van der Waals surface area contributed by atoms with Gasteiger partial charge in [0.25, 0.3) is 0 Å². The van der Waals surface area contributed by atoms with Crippen molar-refractivity contribution in [3.05, 3.63) is 66.0 Å². The van der Waals surface area contributed by atoms with Crippen LogP contribution in [0.15, 0.2) is 54.9 Å². The van der Waals surface area contributed by atoms with Crippen molar-refractivity contribution in [2.45, 2.75) is 25.5 Å². The number of aromatic nitrogens is 1. The van der Waals surface area contributed by atoms with E-state index in [1.54, 1.807) is 7.11 Å². The lowest BCUT2D eigenvalue weighted by Gasteiger charge is -2.27. The summed E-state index contributed by atoms with van der Waals surface area (Å²) in [5.74, 6) is 0. The first-order valence-electron chi connectivity index (χ1n) is 7.05. The predicted molar refractivity (Wildman–Crippen MR) is 81.6 cm³/mol. The molecule has 0 fully saturated rings. The molecule has 0 amide bonds. The van der Waals surface area contributed by atoms with Gasteiger partial charge in [0.1, 0.15) is 0 Å². The Kier molecular flexibility index (Phi) is 5.71. The molecule has 0 radical (unpaired) electrons. The van der Waals surface area contributed by atoms with Crippen molar-refractivity contribution in [1.82, 2.24) is 10.3 Å². The monoisotopic (exact) mass is 270 g/mol. The van der Waals surface area contributed by atoms with Crippen molar-refractivity contribution in [2.75, 3.05) is 13.7 Å². The second kappa shape index (κ2) is 7.78. The van der Waals surface area contributed by atoms with Crippen molar-refractivity contribution in [3.8, 4) is 0 Å². The quantitative estimate of drug-likeness (QED) is 0.840. The summed E-state index contributed by atoms with van der Waals surface area (Å²) >= 11 is 0. The van der Waals surface area contributed by atoms with Crippen LogP contribution in [0.1, 0.15) is 24.2 Å². The first-order chi connectivity index (χ1) is 9.85. The third-order valence-electron chi connectivity index (χ3n) is 3.42. The first-order valence-corrected chi connectivity index (χ1v) is 7.05. The summed E-state index contributed by atoms with van der Waals surface area (Å²) in [6.07, 6.45) is 4.64. The Balaban J connectivity index is 2.17. The molecule has 0 bridgehead atoms. The maximum absolute atomic E-state index is 5.75. The summed E-state index contributed by atoms with van der Waals surface area (Å²) in [6.45, 7) is 3.04. The number of hydrogen-bond acceptors (Lipinski definition) is 3. The fraction of sp³-hybridized carbons (Fsp3) is 0.353. The Morgan fingerprint density at radius 2 is 1.80 bits per heavy atom. The molecule has 0 saturated heterocycles. The highest BCUT2D eigenvalue weighted by atomic mass is 16.5. The van der Waals surface area contributed by atoms with Crippen LogP contribution in [0.25, 0.3) is 0 Å². The topological polar surface area (TPSA) is 34.2 Å². The average molecular weight is 270 g/mol. The van der Waals surface area contributed by atoms with E-state index in [9.17, 15) is 0 Å². The van der Waals surface area contributed by atoms with E-state index in [1.807, 2.05) is 18.5 Å². The third kappa shape index (κ3) is 3.89. The van der Waals surface area contributed by atoms with Gasteiger partial charge in [0, 0.05) is 25.5 Å². The Morgan fingerprint density at radius 1 is 1.10 bits per heavy atom. The van der Waals surface area contributed by atoms with E-state index in [1.165, 1.54) is 11.1 Å². The second-order valence-electron chi connectivity index (χ2n) is 4.79. The van der Waals surface area contributed by atoms with Crippen molar-refractivity contribution in [3.63, 3.8) is 0 Å². The van der Waals surface area contributed by atoms with Gasteiger partial charge in [0.05, 0.1) is 6.10 Å². The Labute approximate surface area is 121 Å². The number of ether oxygens (including phenoxy) is 1. The molecular formula is C17H22N2O. The molecule has 1 aromatic carbocycles. The largest absolute Gasteiger partial charge is 0.375 e. The lowest BCUT2D eigenvalue weighted by molar-refractivity contribution is 0.0684. The molecule has 20 heavy (non-hydrogen) atoms. The Morgan fingerprint density at radius 3 is 2.40 bits per heavy atom. The summed E-state index contributed by atoms with van der Waals surface area (Å²) in [5.41, 5.74) is 2.47. The number of nitrogens with one attached hydrogen (secondary N) is 1. The van der Waals surface area contributed by atoms with E-state index in [4.69, 9.17) is 4.74 Å². The number of methoxy groups -OCH3 is 1. The van der Waals surface area contributed by atoms with Crippen LogP contribution in [-0.4, -0.2) is 24.7 Å². The molecule has 3 nitrogen and oxygen atoms in total. The average Bonchev–Trinajstić information content (AvgIpc) is 2.50. The number of pyridine rings is 1. The van der Waals surface area contributed by atoms with Gasteiger partial charge in [0.2, 0.25) is 0 Å². The third-order valence-corrected chi connectivity index (χ3v) is 3.42. The van der Waals surface area contributed by atoms with Crippen LogP contribution in [0.5, 0.6) is 0 Å². The van der Waals surface area contributed by atoms with E-state index >= 15 is 0 Å². The van der Waals surface area contributed by atoms with E-state index in [0.29, 0.717) is 0 Å². The lowest BCUT2D eigenvalue weighted by atomic mass is 9.96. The van der Waals surface area contributed by atoms with E-state index < -0.39 is 0 Å². The number of rotatable bonds is 7. The fourth-order valence-corrected chi connectivity index (χ4v) is 2.50. The van der Waals surface area contributed by atoms with Crippen LogP contribution in [0, 0.1) is 0 Å². The van der Waals surface area contributed by atoms with Crippen molar-refractivity contribution in [2.24, 2.45) is 0 Å². The SMILES string of the molecule is CCNC(Cc1ccncc1)C(OC)c1ccccc1. The Hall–Kier alpha value is -1.71. The van der Waals surface area contributed by atoms with Crippen LogP contribution in [-0.2, 0) is 11.2 Å². The second-order valence-corrected chi connectivity index (χ2v) is 4.79. The number of hydrogen-bond donors (Lipinski definition) is 1. The Bertz CT molecular complexity index is 487. The highest BCUT2D eigenvalue weighted by molar-refractivity contribution is 5.21.